The molecule has 0 N–H and O–H groups in total. The first-order valence-electron chi connectivity index (χ1n) is 5.82. The van der Waals surface area contributed by atoms with Gasteiger partial charge in [-0.15, -0.1) is 5.10 Å². The molecule has 2 rings (SSSR count). The van der Waals surface area contributed by atoms with E-state index in [0.29, 0.717) is 11.4 Å². The lowest BCUT2D eigenvalue weighted by molar-refractivity contribution is 0.0965. The van der Waals surface area contributed by atoms with Gasteiger partial charge >= 0.3 is 0 Å². The van der Waals surface area contributed by atoms with Crippen molar-refractivity contribution in [2.75, 3.05) is 7.11 Å². The van der Waals surface area contributed by atoms with Gasteiger partial charge in [-0.25, -0.2) is 4.68 Å². The van der Waals surface area contributed by atoms with Gasteiger partial charge in [0.05, 0.1) is 7.11 Å². The van der Waals surface area contributed by atoms with Crippen LogP contribution in [0.4, 0.5) is 0 Å². The first-order valence-corrected chi connectivity index (χ1v) is 5.82. The number of aryl methyl sites for hydroxylation is 1. The van der Waals surface area contributed by atoms with Gasteiger partial charge in [0, 0.05) is 17.7 Å². The maximum absolute atomic E-state index is 12.1. The van der Waals surface area contributed by atoms with E-state index in [1.54, 1.807) is 12.1 Å². The van der Waals surface area contributed by atoms with Gasteiger partial charge in [-0.2, -0.15) is 0 Å². The third-order valence-electron chi connectivity index (χ3n) is 2.68. The molecule has 0 radical (unpaired) electrons. The van der Waals surface area contributed by atoms with Crippen LogP contribution in [0.2, 0.25) is 0 Å². The number of hydrogen-bond acceptors (Lipinski definition) is 4. The summed E-state index contributed by atoms with van der Waals surface area (Å²) < 4.78 is 6.03. The summed E-state index contributed by atoms with van der Waals surface area (Å²) >= 11 is 0. The monoisotopic (exact) mass is 258 g/mol. The number of ketones is 1. The summed E-state index contributed by atoms with van der Waals surface area (Å²) in [6.07, 6.45) is 0. The van der Waals surface area contributed by atoms with Gasteiger partial charge in [0.15, 0.2) is 5.78 Å². The van der Waals surface area contributed by atoms with Crippen LogP contribution in [0.3, 0.4) is 0 Å². The summed E-state index contributed by atoms with van der Waals surface area (Å²) in [5.74, 6) is 0.142. The largest absolute Gasteiger partial charge is 0.480 e. The number of hydrogen-bond donors (Lipinski definition) is 0. The number of rotatable bonds is 4. The molecule has 0 fully saturated rings. The quantitative estimate of drug-likeness (QED) is 0.779. The van der Waals surface area contributed by atoms with Gasteiger partial charge in [-0.3, -0.25) is 9.59 Å². The van der Waals surface area contributed by atoms with E-state index >= 15 is 0 Å². The topological polar surface area (TPSA) is 61.2 Å². The number of nitrogens with zero attached hydrogens (tertiary/aromatic N) is 2. The summed E-state index contributed by atoms with van der Waals surface area (Å²) in [4.78, 5) is 23.7. The molecule has 5 heteroatoms. The van der Waals surface area contributed by atoms with Crippen molar-refractivity contribution in [2.45, 2.75) is 13.5 Å². The maximum atomic E-state index is 12.1. The maximum Gasteiger partial charge on any atom is 0.267 e. The molecule has 0 unspecified atom stereocenters. The van der Waals surface area contributed by atoms with Crippen molar-refractivity contribution in [2.24, 2.45) is 0 Å². The number of carbonyl (C=O) groups is 1. The molecule has 0 aliphatic rings. The number of benzene rings is 1. The second-order valence-corrected chi connectivity index (χ2v) is 4.16. The predicted molar refractivity (Wildman–Crippen MR) is 70.6 cm³/mol. The SMILES string of the molecule is COc1ccc(=O)n(CC(=O)c2cccc(C)c2)n1. The molecular formula is C14H14N2O3. The van der Waals surface area contributed by atoms with Gasteiger partial charge < -0.3 is 4.74 Å². The average molecular weight is 258 g/mol. The molecule has 1 heterocycles. The summed E-state index contributed by atoms with van der Waals surface area (Å²) in [6, 6.07) is 10.0. The number of methoxy groups -OCH3 is 1. The molecule has 0 aliphatic heterocycles. The molecule has 2 aromatic rings. The summed E-state index contributed by atoms with van der Waals surface area (Å²) in [6.45, 7) is 1.81. The van der Waals surface area contributed by atoms with Gasteiger partial charge in [0.25, 0.3) is 5.56 Å². The van der Waals surface area contributed by atoms with Crippen molar-refractivity contribution in [1.29, 1.82) is 0 Å². The second-order valence-electron chi connectivity index (χ2n) is 4.16. The van der Waals surface area contributed by atoms with E-state index in [2.05, 4.69) is 5.10 Å². The van der Waals surface area contributed by atoms with Crippen molar-refractivity contribution in [3.05, 3.63) is 57.9 Å². The molecule has 0 aliphatic carbocycles. The lowest BCUT2D eigenvalue weighted by Crippen LogP contribution is -2.26. The van der Waals surface area contributed by atoms with Crippen LogP contribution < -0.4 is 10.3 Å². The molecule has 1 aromatic heterocycles. The first-order chi connectivity index (χ1) is 9.10. The third kappa shape index (κ3) is 3.07. The average Bonchev–Trinajstić information content (AvgIpc) is 2.41. The van der Waals surface area contributed by atoms with Gasteiger partial charge in [-0.1, -0.05) is 23.8 Å². The lowest BCUT2D eigenvalue weighted by Gasteiger charge is -2.06. The first kappa shape index (κ1) is 13.0. The minimum atomic E-state index is -0.332. The molecule has 0 saturated carbocycles. The number of carbonyl (C=O) groups excluding carboxylic acids is 1. The molecular weight excluding hydrogens is 244 g/mol. The Morgan fingerprint density at radius 1 is 1.32 bits per heavy atom. The van der Waals surface area contributed by atoms with Crippen molar-refractivity contribution in [3.8, 4) is 5.88 Å². The molecule has 0 atom stereocenters. The Balaban J connectivity index is 2.26. The number of aromatic nitrogens is 2. The van der Waals surface area contributed by atoms with Crippen molar-refractivity contribution < 1.29 is 9.53 Å². The Labute approximate surface area is 110 Å². The third-order valence-corrected chi connectivity index (χ3v) is 2.68. The van der Waals surface area contributed by atoms with Crippen LogP contribution in [0.15, 0.2) is 41.2 Å². The second kappa shape index (κ2) is 5.48. The smallest absolute Gasteiger partial charge is 0.267 e. The van der Waals surface area contributed by atoms with Crippen LogP contribution in [0.25, 0.3) is 0 Å². The lowest BCUT2D eigenvalue weighted by atomic mass is 10.1. The van der Waals surface area contributed by atoms with E-state index in [4.69, 9.17) is 4.74 Å². The van der Waals surface area contributed by atoms with Crippen LogP contribution in [-0.4, -0.2) is 22.7 Å². The Morgan fingerprint density at radius 3 is 2.79 bits per heavy atom. The summed E-state index contributed by atoms with van der Waals surface area (Å²) in [5.41, 5.74) is 1.23. The molecule has 0 bridgehead atoms. The van der Waals surface area contributed by atoms with Gasteiger partial charge in [-0.05, 0) is 13.0 Å². The molecule has 0 saturated heterocycles. The molecule has 0 amide bonds. The zero-order chi connectivity index (χ0) is 13.8. The Bertz CT molecular complexity index is 662. The highest BCUT2D eigenvalue weighted by molar-refractivity contribution is 5.95. The standard InChI is InChI=1S/C14H14N2O3/c1-10-4-3-5-11(8-10)12(17)9-16-14(18)7-6-13(15-16)19-2/h3-8H,9H2,1-2H3. The normalized spacial score (nSPS) is 10.2. The number of ether oxygens (including phenoxy) is 1. The van der Waals surface area contributed by atoms with E-state index in [1.807, 2.05) is 19.1 Å². The zero-order valence-corrected chi connectivity index (χ0v) is 10.8. The van der Waals surface area contributed by atoms with E-state index in [9.17, 15) is 9.59 Å². The Morgan fingerprint density at radius 2 is 2.11 bits per heavy atom. The van der Waals surface area contributed by atoms with Crippen molar-refractivity contribution >= 4 is 5.78 Å². The zero-order valence-electron chi connectivity index (χ0n) is 10.8. The molecule has 5 nitrogen and oxygen atoms in total. The summed E-state index contributed by atoms with van der Waals surface area (Å²) in [5, 5.41) is 3.94. The predicted octanol–water partition coefficient (Wildman–Crippen LogP) is 1.44. The van der Waals surface area contributed by atoms with E-state index in [-0.39, 0.29) is 17.9 Å². The highest BCUT2D eigenvalue weighted by Gasteiger charge is 2.09. The van der Waals surface area contributed by atoms with Crippen molar-refractivity contribution in [3.63, 3.8) is 0 Å². The number of Topliss-reactive ketones (excluding diaryl/α,β-unsaturated/α-hetero) is 1. The summed E-state index contributed by atoms with van der Waals surface area (Å²) in [7, 11) is 1.46. The highest BCUT2D eigenvalue weighted by atomic mass is 16.5. The van der Waals surface area contributed by atoms with E-state index in [1.165, 1.54) is 19.2 Å². The fraction of sp³-hybridized carbons (Fsp3) is 0.214. The van der Waals surface area contributed by atoms with Gasteiger partial charge in [0.1, 0.15) is 6.54 Å². The molecule has 0 spiro atoms. The highest BCUT2D eigenvalue weighted by Crippen LogP contribution is 2.06. The van der Waals surface area contributed by atoms with E-state index in [0.717, 1.165) is 10.2 Å². The minimum absolute atomic E-state index is 0.0977. The van der Waals surface area contributed by atoms with Crippen LogP contribution in [0.1, 0.15) is 15.9 Å². The van der Waals surface area contributed by atoms with Crippen LogP contribution in [-0.2, 0) is 6.54 Å². The fourth-order valence-corrected chi connectivity index (χ4v) is 1.70. The fourth-order valence-electron chi connectivity index (χ4n) is 1.70. The van der Waals surface area contributed by atoms with Crippen LogP contribution in [0, 0.1) is 6.92 Å². The van der Waals surface area contributed by atoms with Crippen molar-refractivity contribution in [1.82, 2.24) is 9.78 Å². The Kier molecular flexibility index (Phi) is 3.75. The molecule has 98 valence electrons. The molecule has 19 heavy (non-hydrogen) atoms. The Hall–Kier alpha value is -2.43. The van der Waals surface area contributed by atoms with E-state index < -0.39 is 0 Å². The van der Waals surface area contributed by atoms with Crippen LogP contribution >= 0.6 is 0 Å². The minimum Gasteiger partial charge on any atom is -0.480 e. The van der Waals surface area contributed by atoms with Crippen LogP contribution in [0.5, 0.6) is 5.88 Å². The van der Waals surface area contributed by atoms with Gasteiger partial charge in [0.2, 0.25) is 5.88 Å². The molecule has 1 aromatic carbocycles.